The van der Waals surface area contributed by atoms with Crippen LogP contribution in [0.4, 0.5) is 4.39 Å². The van der Waals surface area contributed by atoms with Gasteiger partial charge in [0.1, 0.15) is 6.23 Å². The first-order valence-electron chi connectivity index (χ1n) is 2.96. The third kappa shape index (κ3) is 1.89. The third-order valence-electron chi connectivity index (χ3n) is 1.30. The summed E-state index contributed by atoms with van der Waals surface area (Å²) in [7, 11) is 1.55. The van der Waals surface area contributed by atoms with Crippen molar-refractivity contribution in [3.63, 3.8) is 0 Å². The van der Waals surface area contributed by atoms with Crippen molar-refractivity contribution in [2.75, 3.05) is 20.2 Å². The summed E-state index contributed by atoms with van der Waals surface area (Å²) in [4.78, 5) is 0. The van der Waals surface area contributed by atoms with Gasteiger partial charge in [-0.05, 0) is 0 Å². The van der Waals surface area contributed by atoms with Crippen LogP contribution in [0.3, 0.4) is 0 Å². The summed E-state index contributed by atoms with van der Waals surface area (Å²) in [6.07, 6.45) is -1.14. The van der Waals surface area contributed by atoms with Crippen molar-refractivity contribution in [3.8, 4) is 0 Å². The van der Waals surface area contributed by atoms with Crippen molar-refractivity contribution in [1.82, 2.24) is 10.6 Å². The van der Waals surface area contributed by atoms with E-state index in [9.17, 15) is 4.39 Å². The fourth-order valence-electron chi connectivity index (χ4n) is 0.812. The fourth-order valence-corrected chi connectivity index (χ4v) is 0.812. The van der Waals surface area contributed by atoms with Gasteiger partial charge in [0, 0.05) is 20.2 Å². The molecule has 0 aromatic carbocycles. The highest BCUT2D eigenvalue weighted by molar-refractivity contribution is 4.70. The second-order valence-corrected chi connectivity index (χ2v) is 2.02. The molecule has 9 heavy (non-hydrogen) atoms. The molecule has 2 atom stereocenters. The molecule has 0 amide bonds. The molecule has 2 N–H and O–H groups in total. The zero-order chi connectivity index (χ0) is 6.69. The first kappa shape index (κ1) is 6.92. The van der Waals surface area contributed by atoms with Crippen LogP contribution in [0.2, 0.25) is 0 Å². The molecule has 0 bridgehead atoms. The largest absolute Gasteiger partial charge is 0.365 e. The van der Waals surface area contributed by atoms with E-state index in [1.165, 1.54) is 0 Å². The van der Waals surface area contributed by atoms with Gasteiger partial charge in [0.15, 0.2) is 6.30 Å². The second-order valence-electron chi connectivity index (χ2n) is 2.02. The molecule has 0 aromatic heterocycles. The number of hydrogen-bond acceptors (Lipinski definition) is 3. The van der Waals surface area contributed by atoms with Crippen molar-refractivity contribution >= 4 is 0 Å². The predicted molar refractivity (Wildman–Crippen MR) is 31.7 cm³/mol. The van der Waals surface area contributed by atoms with Crippen molar-refractivity contribution in [2.45, 2.75) is 12.5 Å². The van der Waals surface area contributed by atoms with Crippen LogP contribution in [0.15, 0.2) is 0 Å². The first-order valence-corrected chi connectivity index (χ1v) is 2.96. The Kier molecular flexibility index (Phi) is 2.38. The van der Waals surface area contributed by atoms with E-state index >= 15 is 0 Å². The molecule has 0 radical (unpaired) electrons. The van der Waals surface area contributed by atoms with Gasteiger partial charge in [0.05, 0.1) is 0 Å². The zero-order valence-corrected chi connectivity index (χ0v) is 5.36. The Labute approximate surface area is 53.6 Å². The van der Waals surface area contributed by atoms with Crippen LogP contribution < -0.4 is 10.6 Å². The minimum absolute atomic E-state index is 0.172. The molecule has 1 heterocycles. The number of methoxy groups -OCH3 is 1. The molecule has 0 saturated carbocycles. The summed E-state index contributed by atoms with van der Waals surface area (Å²) in [6.45, 7) is 1.05. The molecule has 1 saturated heterocycles. The van der Waals surface area contributed by atoms with E-state index in [-0.39, 0.29) is 6.23 Å². The van der Waals surface area contributed by atoms with Gasteiger partial charge >= 0.3 is 0 Å². The number of ether oxygens (including phenoxy) is 1. The van der Waals surface area contributed by atoms with Crippen LogP contribution in [0.25, 0.3) is 0 Å². The summed E-state index contributed by atoms with van der Waals surface area (Å²) in [6, 6.07) is 0. The Morgan fingerprint density at radius 2 is 2.33 bits per heavy atom. The lowest BCUT2D eigenvalue weighted by Crippen LogP contribution is -2.53. The van der Waals surface area contributed by atoms with E-state index in [4.69, 9.17) is 4.74 Å². The van der Waals surface area contributed by atoms with E-state index in [1.807, 2.05) is 0 Å². The molecule has 54 valence electrons. The Morgan fingerprint density at radius 3 is 2.78 bits per heavy atom. The number of rotatable bonds is 1. The molecule has 3 nitrogen and oxygen atoms in total. The highest BCUT2D eigenvalue weighted by atomic mass is 19.1. The zero-order valence-electron chi connectivity index (χ0n) is 5.36. The molecule has 1 aliphatic heterocycles. The SMILES string of the molecule is COC1CNCC(F)N1. The summed E-state index contributed by atoms with van der Waals surface area (Å²) in [5.41, 5.74) is 0. The lowest BCUT2D eigenvalue weighted by molar-refractivity contribution is 0.0204. The molecule has 1 rings (SSSR count). The molecule has 0 aliphatic carbocycles. The quantitative estimate of drug-likeness (QED) is 0.472. The number of alkyl halides is 1. The molecule has 1 fully saturated rings. The van der Waals surface area contributed by atoms with Crippen molar-refractivity contribution in [1.29, 1.82) is 0 Å². The molecule has 1 aliphatic rings. The van der Waals surface area contributed by atoms with Crippen LogP contribution in [-0.2, 0) is 4.74 Å². The molecule has 4 heteroatoms. The van der Waals surface area contributed by atoms with Crippen LogP contribution >= 0.6 is 0 Å². The number of piperazine rings is 1. The van der Waals surface area contributed by atoms with E-state index in [0.717, 1.165) is 0 Å². The van der Waals surface area contributed by atoms with Gasteiger partial charge < -0.3 is 10.1 Å². The minimum atomic E-state index is -0.969. The Hall–Kier alpha value is -0.190. The van der Waals surface area contributed by atoms with Crippen molar-refractivity contribution in [3.05, 3.63) is 0 Å². The number of hydrogen-bond donors (Lipinski definition) is 2. The second kappa shape index (κ2) is 3.10. The van der Waals surface area contributed by atoms with Crippen LogP contribution in [0.1, 0.15) is 0 Å². The topological polar surface area (TPSA) is 33.3 Å². The van der Waals surface area contributed by atoms with Gasteiger partial charge in [0.2, 0.25) is 0 Å². The average molecular weight is 134 g/mol. The van der Waals surface area contributed by atoms with Crippen LogP contribution in [0, 0.1) is 0 Å². The standard InChI is InChI=1S/C5H11FN2O/c1-9-5-3-7-2-4(6)8-5/h4-5,7-8H,2-3H2,1H3. The maximum Gasteiger partial charge on any atom is 0.165 e. The number of halogens is 1. The van der Waals surface area contributed by atoms with Gasteiger partial charge in [-0.1, -0.05) is 0 Å². The lowest BCUT2D eigenvalue weighted by atomic mass is 10.4. The van der Waals surface area contributed by atoms with Gasteiger partial charge in [-0.15, -0.1) is 0 Å². The third-order valence-corrected chi connectivity index (χ3v) is 1.30. The Balaban J connectivity index is 2.23. The molecule has 2 unspecified atom stereocenters. The summed E-state index contributed by atoms with van der Waals surface area (Å²) >= 11 is 0. The average Bonchev–Trinajstić information content (AvgIpc) is 1.88. The first-order chi connectivity index (χ1) is 4.33. The van der Waals surface area contributed by atoms with Crippen LogP contribution in [-0.4, -0.2) is 32.7 Å². The van der Waals surface area contributed by atoms with Crippen LogP contribution in [0.5, 0.6) is 0 Å². The van der Waals surface area contributed by atoms with Crippen molar-refractivity contribution in [2.24, 2.45) is 0 Å². The van der Waals surface area contributed by atoms with Gasteiger partial charge in [0.25, 0.3) is 0 Å². The van der Waals surface area contributed by atoms with E-state index in [2.05, 4.69) is 10.6 Å². The molecule has 0 aromatic rings. The van der Waals surface area contributed by atoms with E-state index in [1.54, 1.807) is 7.11 Å². The summed E-state index contributed by atoms with van der Waals surface area (Å²) < 4.78 is 17.2. The van der Waals surface area contributed by atoms with Gasteiger partial charge in [-0.2, -0.15) is 0 Å². The highest BCUT2D eigenvalue weighted by Crippen LogP contribution is 1.94. The van der Waals surface area contributed by atoms with E-state index in [0.29, 0.717) is 13.1 Å². The minimum Gasteiger partial charge on any atom is -0.365 e. The molecule has 0 spiro atoms. The normalized spacial score (nSPS) is 36.7. The highest BCUT2D eigenvalue weighted by Gasteiger charge is 2.18. The maximum atomic E-state index is 12.4. The van der Waals surface area contributed by atoms with Crippen molar-refractivity contribution < 1.29 is 9.13 Å². The number of nitrogens with one attached hydrogen (secondary N) is 2. The fraction of sp³-hybridized carbons (Fsp3) is 1.00. The molecular weight excluding hydrogens is 123 g/mol. The smallest absolute Gasteiger partial charge is 0.165 e. The van der Waals surface area contributed by atoms with Gasteiger partial charge in [-0.3, -0.25) is 5.32 Å². The summed E-state index contributed by atoms with van der Waals surface area (Å²) in [5.74, 6) is 0. The Morgan fingerprint density at radius 1 is 1.56 bits per heavy atom. The Bertz CT molecular complexity index is 91.0. The monoisotopic (exact) mass is 134 g/mol. The summed E-state index contributed by atoms with van der Waals surface area (Å²) in [5, 5.41) is 5.49. The molecular formula is C5H11FN2O. The lowest BCUT2D eigenvalue weighted by Gasteiger charge is -2.25. The maximum absolute atomic E-state index is 12.4. The van der Waals surface area contributed by atoms with E-state index < -0.39 is 6.30 Å². The predicted octanol–water partition coefficient (Wildman–Crippen LogP) is -0.553. The van der Waals surface area contributed by atoms with Gasteiger partial charge in [-0.25, -0.2) is 4.39 Å².